The molecular weight excluding hydrogens is 643 g/mol. The fourth-order valence-corrected chi connectivity index (χ4v) is 5.43. The highest BCUT2D eigenvalue weighted by atomic mass is 79.9. The molecule has 4 rings (SSSR count). The molecule has 1 fully saturated rings. The minimum atomic E-state index is -0.210. The summed E-state index contributed by atoms with van der Waals surface area (Å²) in [7, 11) is 0. The number of ether oxygens (including phenoxy) is 1. The van der Waals surface area contributed by atoms with Crippen molar-refractivity contribution >= 4 is 94.0 Å². The first kappa shape index (κ1) is 23.6. The molecule has 0 unspecified atom stereocenters. The maximum Gasteiger partial charge on any atom is 0.264 e. The Morgan fingerprint density at radius 1 is 1.00 bits per heavy atom. The van der Waals surface area contributed by atoms with Crippen LogP contribution >= 0.6 is 71.2 Å². The molecule has 9 heteroatoms. The van der Waals surface area contributed by atoms with E-state index in [0.29, 0.717) is 33.1 Å². The standard InChI is InChI=1S/C23H14Br3ClN2O2S/c24-15-3-1-13(2-4-15)12-31-21-14(9-16(25)11-19(21)26)10-20-22(30)29-23(32-20)28-18-7-5-17(27)6-8-18/h1-11H,12H2,(H,28,29,30)/b20-10-. The maximum absolute atomic E-state index is 12.6. The van der Waals surface area contributed by atoms with E-state index in [-0.39, 0.29) is 5.91 Å². The smallest absolute Gasteiger partial charge is 0.264 e. The summed E-state index contributed by atoms with van der Waals surface area (Å²) in [5.74, 6) is 0.442. The van der Waals surface area contributed by atoms with Crippen molar-refractivity contribution in [1.29, 1.82) is 0 Å². The normalized spacial score (nSPS) is 15.9. The number of thioether (sulfide) groups is 1. The third kappa shape index (κ3) is 6.05. The number of rotatable bonds is 5. The molecule has 0 atom stereocenters. The Balaban J connectivity index is 1.59. The van der Waals surface area contributed by atoms with Crippen LogP contribution in [-0.2, 0) is 11.4 Å². The van der Waals surface area contributed by atoms with Gasteiger partial charge in [0.25, 0.3) is 5.91 Å². The highest BCUT2D eigenvalue weighted by Crippen LogP contribution is 2.37. The van der Waals surface area contributed by atoms with Crippen molar-refractivity contribution in [3.05, 3.63) is 95.1 Å². The van der Waals surface area contributed by atoms with E-state index in [2.05, 4.69) is 58.1 Å². The third-order valence-electron chi connectivity index (χ3n) is 4.33. The Kier molecular flexibility index (Phi) is 7.78. The van der Waals surface area contributed by atoms with E-state index in [0.717, 1.165) is 24.5 Å². The topological polar surface area (TPSA) is 50.7 Å². The van der Waals surface area contributed by atoms with Gasteiger partial charge in [0.2, 0.25) is 0 Å². The third-order valence-corrected chi connectivity index (χ3v) is 7.07. The lowest BCUT2D eigenvalue weighted by Crippen LogP contribution is -2.19. The van der Waals surface area contributed by atoms with Gasteiger partial charge in [-0.1, -0.05) is 55.6 Å². The Morgan fingerprint density at radius 3 is 2.44 bits per heavy atom. The Morgan fingerprint density at radius 2 is 1.72 bits per heavy atom. The summed E-state index contributed by atoms with van der Waals surface area (Å²) in [5.41, 5.74) is 2.52. The monoisotopic (exact) mass is 654 g/mol. The van der Waals surface area contributed by atoms with Crippen molar-refractivity contribution in [3.63, 3.8) is 0 Å². The van der Waals surface area contributed by atoms with Crippen molar-refractivity contribution in [2.75, 3.05) is 0 Å². The van der Waals surface area contributed by atoms with Crippen LogP contribution in [0.4, 0.5) is 5.69 Å². The number of nitrogens with one attached hydrogen (secondary N) is 1. The summed E-state index contributed by atoms with van der Waals surface area (Å²) in [6.07, 6.45) is 1.80. The second-order valence-electron chi connectivity index (χ2n) is 6.68. The lowest BCUT2D eigenvalue weighted by atomic mass is 10.1. The van der Waals surface area contributed by atoms with Crippen LogP contribution in [-0.4, -0.2) is 11.1 Å². The Labute approximate surface area is 219 Å². The zero-order chi connectivity index (χ0) is 22.7. The predicted octanol–water partition coefficient (Wildman–Crippen LogP) is 8.10. The maximum atomic E-state index is 12.6. The van der Waals surface area contributed by atoms with Crippen LogP contribution in [0.3, 0.4) is 0 Å². The van der Waals surface area contributed by atoms with E-state index in [1.165, 1.54) is 11.8 Å². The van der Waals surface area contributed by atoms with Crippen molar-refractivity contribution in [2.24, 2.45) is 4.99 Å². The molecule has 4 nitrogen and oxygen atoms in total. The fraction of sp³-hybridized carbons (Fsp3) is 0.0435. The minimum Gasteiger partial charge on any atom is -0.487 e. The van der Waals surface area contributed by atoms with Gasteiger partial charge >= 0.3 is 0 Å². The van der Waals surface area contributed by atoms with Crippen LogP contribution in [0, 0.1) is 0 Å². The summed E-state index contributed by atoms with van der Waals surface area (Å²) in [6.45, 7) is 0.395. The molecule has 32 heavy (non-hydrogen) atoms. The van der Waals surface area contributed by atoms with Crippen molar-refractivity contribution in [2.45, 2.75) is 6.61 Å². The van der Waals surface area contributed by atoms with Gasteiger partial charge in [-0.2, -0.15) is 0 Å². The average Bonchev–Trinajstić information content (AvgIpc) is 3.09. The molecule has 3 aromatic carbocycles. The molecule has 1 aliphatic rings. The van der Waals surface area contributed by atoms with Crippen LogP contribution < -0.4 is 10.1 Å². The summed E-state index contributed by atoms with van der Waals surface area (Å²) < 4.78 is 8.78. The molecule has 0 aromatic heterocycles. The molecule has 1 aliphatic heterocycles. The van der Waals surface area contributed by atoms with Gasteiger partial charge in [-0.3, -0.25) is 4.79 Å². The lowest BCUT2D eigenvalue weighted by molar-refractivity contribution is -0.115. The zero-order valence-electron chi connectivity index (χ0n) is 16.2. The number of halogens is 4. The first-order valence-corrected chi connectivity index (χ1v) is 12.9. The largest absolute Gasteiger partial charge is 0.487 e. The highest BCUT2D eigenvalue weighted by molar-refractivity contribution is 9.11. The first-order chi connectivity index (χ1) is 15.4. The molecule has 1 saturated heterocycles. The number of hydrogen-bond donors (Lipinski definition) is 1. The van der Waals surface area contributed by atoms with Gasteiger partial charge in [-0.25, -0.2) is 4.99 Å². The Hall–Kier alpha value is -1.58. The quantitative estimate of drug-likeness (QED) is 0.282. The molecule has 3 aromatic rings. The first-order valence-electron chi connectivity index (χ1n) is 9.29. The van der Waals surface area contributed by atoms with Gasteiger partial charge in [0.05, 0.1) is 15.1 Å². The van der Waals surface area contributed by atoms with E-state index in [4.69, 9.17) is 16.3 Å². The van der Waals surface area contributed by atoms with Crippen LogP contribution in [0.2, 0.25) is 5.02 Å². The zero-order valence-corrected chi connectivity index (χ0v) is 22.6. The van der Waals surface area contributed by atoms with Crippen LogP contribution in [0.5, 0.6) is 5.75 Å². The van der Waals surface area contributed by atoms with Crippen molar-refractivity contribution in [1.82, 2.24) is 5.32 Å². The van der Waals surface area contributed by atoms with Gasteiger partial charge in [0, 0.05) is 19.5 Å². The molecule has 162 valence electrons. The van der Waals surface area contributed by atoms with E-state index >= 15 is 0 Å². The van der Waals surface area contributed by atoms with Crippen LogP contribution in [0.1, 0.15) is 11.1 Å². The molecule has 1 N–H and O–H groups in total. The van der Waals surface area contributed by atoms with E-state index in [1.807, 2.05) is 36.4 Å². The molecule has 0 saturated carbocycles. The minimum absolute atomic E-state index is 0.210. The van der Waals surface area contributed by atoms with Crippen molar-refractivity contribution < 1.29 is 9.53 Å². The van der Waals surface area contributed by atoms with E-state index in [9.17, 15) is 4.79 Å². The second-order valence-corrected chi connectivity index (χ2v) is 10.8. The molecule has 0 spiro atoms. The summed E-state index contributed by atoms with van der Waals surface area (Å²) >= 11 is 17.7. The van der Waals surface area contributed by atoms with Gasteiger partial charge < -0.3 is 10.1 Å². The van der Waals surface area contributed by atoms with Crippen LogP contribution in [0.15, 0.2) is 84.0 Å². The second kappa shape index (κ2) is 10.6. The summed E-state index contributed by atoms with van der Waals surface area (Å²) in [5, 5.41) is 3.95. The molecule has 0 radical (unpaired) electrons. The van der Waals surface area contributed by atoms with Gasteiger partial charge in [-0.05, 0) is 87.9 Å². The van der Waals surface area contributed by atoms with E-state index in [1.54, 1.807) is 30.3 Å². The van der Waals surface area contributed by atoms with Gasteiger partial charge in [0.1, 0.15) is 12.4 Å². The molecular formula is C23H14Br3ClN2O2S. The molecule has 0 aliphatic carbocycles. The highest BCUT2D eigenvalue weighted by Gasteiger charge is 2.24. The SMILES string of the molecule is O=C1NC(=Nc2ccc(Cl)cc2)S/C1=C\c1cc(Br)cc(Br)c1OCc1ccc(Br)cc1. The number of benzene rings is 3. The summed E-state index contributed by atoms with van der Waals surface area (Å²) in [4.78, 5) is 17.6. The number of hydrogen-bond acceptors (Lipinski definition) is 4. The van der Waals surface area contributed by atoms with Gasteiger partial charge in [0.15, 0.2) is 5.17 Å². The van der Waals surface area contributed by atoms with E-state index < -0.39 is 0 Å². The lowest BCUT2D eigenvalue weighted by Gasteiger charge is -2.13. The molecule has 1 heterocycles. The van der Waals surface area contributed by atoms with Gasteiger partial charge in [-0.15, -0.1) is 0 Å². The fourth-order valence-electron chi connectivity index (χ4n) is 2.83. The summed E-state index contributed by atoms with van der Waals surface area (Å²) in [6, 6.07) is 18.9. The number of carbonyl (C=O) groups excluding carboxylic acids is 1. The van der Waals surface area contributed by atoms with Crippen LogP contribution in [0.25, 0.3) is 6.08 Å². The number of carbonyl (C=O) groups is 1. The average molecular weight is 658 g/mol. The Bertz CT molecular complexity index is 1230. The number of nitrogens with zero attached hydrogens (tertiary/aromatic N) is 1. The molecule has 1 amide bonds. The number of aliphatic imine (C=N–C) groups is 1. The van der Waals surface area contributed by atoms with Crippen molar-refractivity contribution in [3.8, 4) is 5.75 Å². The predicted molar refractivity (Wildman–Crippen MR) is 143 cm³/mol. The number of amidine groups is 1. The number of amides is 1. The molecule has 0 bridgehead atoms.